The van der Waals surface area contributed by atoms with E-state index in [0.717, 1.165) is 37.8 Å². The van der Waals surface area contributed by atoms with Crippen LogP contribution in [0.1, 0.15) is 74.1 Å². The van der Waals surface area contributed by atoms with Crippen molar-refractivity contribution in [3.63, 3.8) is 0 Å². The van der Waals surface area contributed by atoms with Gasteiger partial charge in [-0.25, -0.2) is 19.2 Å². The second-order valence-electron chi connectivity index (χ2n) is 11.8. The van der Waals surface area contributed by atoms with Gasteiger partial charge in [-0.3, -0.25) is 0 Å². The summed E-state index contributed by atoms with van der Waals surface area (Å²) in [5.41, 5.74) is -1.40. The summed E-state index contributed by atoms with van der Waals surface area (Å²) in [6, 6.07) is 2.25. The summed E-state index contributed by atoms with van der Waals surface area (Å²) in [5.74, 6) is -5.75. The summed E-state index contributed by atoms with van der Waals surface area (Å²) in [4.78, 5) is 52.1. The molecule has 8 nitrogen and oxygen atoms in total. The maximum absolute atomic E-state index is 13.1. The van der Waals surface area contributed by atoms with Gasteiger partial charge in [0.1, 0.15) is 11.1 Å². The van der Waals surface area contributed by atoms with Crippen molar-refractivity contribution < 1.29 is 38.1 Å². The van der Waals surface area contributed by atoms with Crippen molar-refractivity contribution in [1.82, 2.24) is 0 Å². The molecule has 0 aliphatic heterocycles. The van der Waals surface area contributed by atoms with Crippen LogP contribution in [-0.2, 0) is 19.1 Å². The molecule has 4 unspecified atom stereocenters. The first-order valence-corrected chi connectivity index (χ1v) is 15.9. The van der Waals surface area contributed by atoms with E-state index >= 15 is 0 Å². The predicted octanol–water partition coefficient (Wildman–Crippen LogP) is 9.30. The molecule has 2 aliphatic carbocycles. The second kappa shape index (κ2) is 13.4. The maximum atomic E-state index is 13.1. The minimum Gasteiger partial charge on any atom is -0.461 e. The molecule has 0 saturated heterocycles. The lowest BCUT2D eigenvalue weighted by Gasteiger charge is -2.44. The Bertz CT molecular complexity index is 1430. The van der Waals surface area contributed by atoms with E-state index in [4.69, 9.17) is 88.6 Å². The highest BCUT2D eigenvalue weighted by Crippen LogP contribution is 2.48. The number of carbonyl (C=O) groups is 4. The zero-order valence-electron chi connectivity index (χ0n) is 24.1. The van der Waals surface area contributed by atoms with Crippen LogP contribution in [0.3, 0.4) is 0 Å². The van der Waals surface area contributed by atoms with Gasteiger partial charge < -0.3 is 18.9 Å². The Morgan fingerprint density at radius 2 is 1.00 bits per heavy atom. The van der Waals surface area contributed by atoms with Crippen LogP contribution in [0, 0.1) is 22.7 Å². The SMILES string of the molecule is CC1CCC1(C)COC(=O)c1c(Cl)c(Cl)cc(Cl)c1OC(=O)C(=O)Oc1c(Cl)cc(Cl)c(Cl)c1C(=O)OCC1(C)CCC1C. The first-order valence-electron chi connectivity index (χ1n) is 13.6. The Morgan fingerprint density at radius 1 is 0.659 bits per heavy atom. The largest absolute Gasteiger partial charge is 0.461 e. The van der Waals surface area contributed by atoms with E-state index in [1.165, 1.54) is 0 Å². The Kier molecular flexibility index (Phi) is 10.7. The van der Waals surface area contributed by atoms with Crippen molar-refractivity contribution >= 4 is 93.5 Å². The van der Waals surface area contributed by atoms with E-state index in [-0.39, 0.29) is 54.2 Å². The molecule has 0 bridgehead atoms. The van der Waals surface area contributed by atoms with Gasteiger partial charge in [0.05, 0.1) is 43.3 Å². The lowest BCUT2D eigenvalue weighted by atomic mass is 9.63. The lowest BCUT2D eigenvalue weighted by molar-refractivity contribution is -0.156. The number of benzene rings is 2. The summed E-state index contributed by atoms with van der Waals surface area (Å²) in [6.07, 6.45) is 3.68. The third-order valence-corrected chi connectivity index (χ3v) is 11.1. The van der Waals surface area contributed by atoms with Crippen LogP contribution in [0.4, 0.5) is 0 Å². The van der Waals surface area contributed by atoms with Crippen molar-refractivity contribution in [3.8, 4) is 11.5 Å². The fraction of sp³-hybridized carbons (Fsp3) is 0.467. The van der Waals surface area contributed by atoms with Crippen LogP contribution in [0.15, 0.2) is 12.1 Å². The smallest absolute Gasteiger partial charge is 0.423 e. The molecule has 44 heavy (non-hydrogen) atoms. The molecule has 238 valence electrons. The van der Waals surface area contributed by atoms with Crippen LogP contribution < -0.4 is 9.47 Å². The summed E-state index contributed by atoms with van der Waals surface area (Å²) in [5, 5.41) is -1.49. The van der Waals surface area contributed by atoms with E-state index < -0.39 is 46.5 Å². The molecule has 4 atom stereocenters. The summed E-state index contributed by atoms with van der Waals surface area (Å²) >= 11 is 37.3. The molecule has 2 aromatic carbocycles. The molecule has 0 N–H and O–H groups in total. The summed E-state index contributed by atoms with van der Waals surface area (Å²) < 4.78 is 21.3. The second-order valence-corrected chi connectivity index (χ2v) is 14.2. The monoisotopic (exact) mass is 726 g/mol. The molecule has 0 radical (unpaired) electrons. The zero-order chi connectivity index (χ0) is 32.7. The predicted molar refractivity (Wildman–Crippen MR) is 168 cm³/mol. The molecular weight excluding hydrogens is 701 g/mol. The summed E-state index contributed by atoms with van der Waals surface area (Å²) in [7, 11) is 0. The van der Waals surface area contributed by atoms with Crippen LogP contribution in [0.25, 0.3) is 0 Å². The fourth-order valence-electron chi connectivity index (χ4n) is 4.88. The molecule has 2 aliphatic rings. The van der Waals surface area contributed by atoms with E-state index in [1.54, 1.807) is 0 Å². The number of rotatable bonds is 8. The quantitative estimate of drug-likeness (QED) is 0.115. The van der Waals surface area contributed by atoms with Gasteiger partial charge in [0, 0.05) is 10.8 Å². The average molecular weight is 729 g/mol. The Labute approximate surface area is 284 Å². The van der Waals surface area contributed by atoms with Gasteiger partial charge in [0.25, 0.3) is 0 Å². The number of ether oxygens (including phenoxy) is 4. The minimum absolute atomic E-state index is 0.0651. The van der Waals surface area contributed by atoms with E-state index in [1.807, 2.05) is 27.7 Å². The van der Waals surface area contributed by atoms with Gasteiger partial charge in [-0.1, -0.05) is 97.3 Å². The highest BCUT2D eigenvalue weighted by atomic mass is 35.5. The topological polar surface area (TPSA) is 105 Å². The third-order valence-electron chi connectivity index (χ3n) is 8.96. The molecule has 14 heteroatoms. The number of hydrogen-bond acceptors (Lipinski definition) is 8. The van der Waals surface area contributed by atoms with E-state index in [9.17, 15) is 19.2 Å². The fourth-order valence-corrected chi connectivity index (χ4v) is 6.31. The van der Waals surface area contributed by atoms with Gasteiger partial charge >= 0.3 is 23.9 Å². The molecule has 2 fully saturated rings. The Balaban J connectivity index is 1.56. The van der Waals surface area contributed by atoms with Crippen molar-refractivity contribution in [3.05, 3.63) is 53.4 Å². The Morgan fingerprint density at radius 3 is 1.27 bits per heavy atom. The third kappa shape index (κ3) is 6.91. The molecule has 0 heterocycles. The molecular formula is C30H28Cl6O8. The van der Waals surface area contributed by atoms with Gasteiger partial charge in [0.15, 0.2) is 11.5 Å². The molecule has 2 aromatic rings. The Hall–Kier alpha value is -1.94. The van der Waals surface area contributed by atoms with Crippen LogP contribution in [-0.4, -0.2) is 37.1 Å². The normalized spacial score (nSPS) is 24.0. The number of esters is 4. The lowest BCUT2D eigenvalue weighted by Crippen LogP contribution is -2.40. The molecule has 4 rings (SSSR count). The first kappa shape index (κ1) is 34.9. The standard InChI is InChI=1S/C30H28Cl6O8/c1-13-5-7-29(13,3)11-41-25(37)19-21(35)15(31)9-17(33)23(19)43-27(39)28(40)44-24-18(34)10-16(32)22(36)20(24)26(38)42-12-30(4)8-6-14(30)2/h9-10,13-14H,5-8,11-12H2,1-4H3. The molecule has 0 spiro atoms. The highest BCUT2D eigenvalue weighted by molar-refractivity contribution is 6.47. The maximum Gasteiger partial charge on any atom is 0.423 e. The van der Waals surface area contributed by atoms with Crippen molar-refractivity contribution in [2.45, 2.75) is 53.4 Å². The van der Waals surface area contributed by atoms with Crippen LogP contribution in [0.5, 0.6) is 11.5 Å². The van der Waals surface area contributed by atoms with Gasteiger partial charge in [-0.2, -0.15) is 0 Å². The zero-order valence-corrected chi connectivity index (χ0v) is 28.6. The van der Waals surface area contributed by atoms with E-state index in [2.05, 4.69) is 0 Å². The van der Waals surface area contributed by atoms with Crippen LogP contribution >= 0.6 is 69.6 Å². The average Bonchev–Trinajstić information content (AvgIpc) is 2.98. The number of carbonyl (C=O) groups excluding carboxylic acids is 4. The molecule has 2 saturated carbocycles. The van der Waals surface area contributed by atoms with Crippen LogP contribution in [0.2, 0.25) is 30.1 Å². The van der Waals surface area contributed by atoms with Crippen molar-refractivity contribution in [2.24, 2.45) is 22.7 Å². The van der Waals surface area contributed by atoms with Gasteiger partial charge in [-0.15, -0.1) is 0 Å². The van der Waals surface area contributed by atoms with Crippen molar-refractivity contribution in [2.75, 3.05) is 13.2 Å². The molecule has 0 amide bonds. The molecule has 0 aromatic heterocycles. The van der Waals surface area contributed by atoms with Gasteiger partial charge in [-0.05, 0) is 49.7 Å². The number of halogens is 6. The first-order chi connectivity index (χ1) is 20.5. The highest BCUT2D eigenvalue weighted by Gasteiger charge is 2.42. The number of hydrogen-bond donors (Lipinski definition) is 0. The van der Waals surface area contributed by atoms with E-state index in [0.29, 0.717) is 11.8 Å². The van der Waals surface area contributed by atoms with Gasteiger partial charge in [0.2, 0.25) is 0 Å². The minimum atomic E-state index is -1.64. The summed E-state index contributed by atoms with van der Waals surface area (Å²) in [6.45, 7) is 8.17. The van der Waals surface area contributed by atoms with Crippen molar-refractivity contribution in [1.29, 1.82) is 0 Å².